The second-order valence-electron chi connectivity index (χ2n) is 3.66. The van der Waals surface area contributed by atoms with Crippen LogP contribution in [-0.2, 0) is 16.1 Å². The van der Waals surface area contributed by atoms with E-state index in [2.05, 4.69) is 5.32 Å². The molecule has 1 aromatic carbocycles. The molecule has 98 valence electrons. The molecule has 0 aromatic heterocycles. The molecule has 1 amide bonds. The fraction of sp³-hybridized carbons (Fsp3) is 0.333. The number of benzene rings is 1. The molecule has 18 heavy (non-hydrogen) atoms. The van der Waals surface area contributed by atoms with Gasteiger partial charge in [-0.15, -0.1) is 11.8 Å². The van der Waals surface area contributed by atoms with Crippen LogP contribution in [0.5, 0.6) is 0 Å². The summed E-state index contributed by atoms with van der Waals surface area (Å²) in [4.78, 5) is 22.1. The number of carbonyl (C=O) groups excluding carboxylic acids is 1. The molecular weight excluding hydrogens is 274 g/mol. The van der Waals surface area contributed by atoms with Gasteiger partial charge in [-0.3, -0.25) is 9.59 Å². The first-order valence-electron chi connectivity index (χ1n) is 5.35. The van der Waals surface area contributed by atoms with E-state index < -0.39 is 11.2 Å². The van der Waals surface area contributed by atoms with Crippen LogP contribution in [0.2, 0.25) is 5.02 Å². The lowest BCUT2D eigenvalue weighted by Crippen LogP contribution is -2.26. The zero-order valence-electron chi connectivity index (χ0n) is 9.85. The van der Waals surface area contributed by atoms with Gasteiger partial charge in [-0.25, -0.2) is 0 Å². The van der Waals surface area contributed by atoms with Gasteiger partial charge in [0.1, 0.15) is 0 Å². The van der Waals surface area contributed by atoms with E-state index in [1.165, 1.54) is 0 Å². The van der Waals surface area contributed by atoms with E-state index in [4.69, 9.17) is 16.7 Å². The standard InChI is InChI=1S/C12H14ClNO3S/c1-8(12(16)17)18-7-11(15)14-6-9-4-2-3-5-10(9)13/h2-5,8H,6-7H2,1H3,(H,14,15)(H,16,17). The average molecular weight is 288 g/mol. The van der Waals surface area contributed by atoms with Gasteiger partial charge < -0.3 is 10.4 Å². The Labute approximate surface area is 115 Å². The van der Waals surface area contributed by atoms with E-state index >= 15 is 0 Å². The number of carboxylic acids is 1. The molecule has 0 bridgehead atoms. The van der Waals surface area contributed by atoms with Gasteiger partial charge in [-0.05, 0) is 18.6 Å². The molecule has 4 nitrogen and oxygen atoms in total. The average Bonchev–Trinajstić information content (AvgIpc) is 2.34. The van der Waals surface area contributed by atoms with Crippen molar-refractivity contribution in [1.29, 1.82) is 0 Å². The number of carboxylic acid groups (broad SMARTS) is 1. The Morgan fingerprint density at radius 2 is 2.11 bits per heavy atom. The maximum atomic E-state index is 11.5. The summed E-state index contributed by atoms with van der Waals surface area (Å²) in [7, 11) is 0. The van der Waals surface area contributed by atoms with Crippen LogP contribution >= 0.6 is 23.4 Å². The van der Waals surface area contributed by atoms with E-state index in [0.717, 1.165) is 17.3 Å². The van der Waals surface area contributed by atoms with Crippen molar-refractivity contribution in [1.82, 2.24) is 5.32 Å². The van der Waals surface area contributed by atoms with E-state index in [9.17, 15) is 9.59 Å². The van der Waals surface area contributed by atoms with Crippen LogP contribution in [0.3, 0.4) is 0 Å². The van der Waals surface area contributed by atoms with Crippen LogP contribution in [-0.4, -0.2) is 28.0 Å². The molecule has 0 heterocycles. The molecule has 0 fully saturated rings. The number of thioether (sulfide) groups is 1. The van der Waals surface area contributed by atoms with Crippen molar-refractivity contribution in [2.24, 2.45) is 0 Å². The third-order valence-corrected chi connectivity index (χ3v) is 3.75. The Hall–Kier alpha value is -1.20. The largest absolute Gasteiger partial charge is 0.480 e. The highest BCUT2D eigenvalue weighted by molar-refractivity contribution is 8.01. The smallest absolute Gasteiger partial charge is 0.316 e. The van der Waals surface area contributed by atoms with E-state index in [0.29, 0.717) is 11.6 Å². The van der Waals surface area contributed by atoms with Crippen LogP contribution in [0.1, 0.15) is 12.5 Å². The summed E-state index contributed by atoms with van der Waals surface area (Å²) in [5, 5.41) is 11.4. The molecule has 0 spiro atoms. The summed E-state index contributed by atoms with van der Waals surface area (Å²) >= 11 is 7.03. The Kier molecular flexibility index (Phi) is 6.01. The van der Waals surface area contributed by atoms with Gasteiger partial charge in [0.05, 0.1) is 11.0 Å². The van der Waals surface area contributed by atoms with Crippen LogP contribution in [0, 0.1) is 0 Å². The maximum Gasteiger partial charge on any atom is 0.316 e. The lowest BCUT2D eigenvalue weighted by Gasteiger charge is -2.08. The number of carbonyl (C=O) groups is 2. The first-order valence-corrected chi connectivity index (χ1v) is 6.78. The zero-order chi connectivity index (χ0) is 13.5. The molecule has 0 saturated carbocycles. The van der Waals surface area contributed by atoms with Gasteiger partial charge in [0.2, 0.25) is 5.91 Å². The van der Waals surface area contributed by atoms with Crippen molar-refractivity contribution < 1.29 is 14.7 Å². The number of nitrogens with one attached hydrogen (secondary N) is 1. The summed E-state index contributed by atoms with van der Waals surface area (Å²) in [6.07, 6.45) is 0. The minimum atomic E-state index is -0.918. The van der Waals surface area contributed by atoms with E-state index in [1.807, 2.05) is 18.2 Å². The van der Waals surface area contributed by atoms with Crippen molar-refractivity contribution in [2.45, 2.75) is 18.7 Å². The Morgan fingerprint density at radius 1 is 1.44 bits per heavy atom. The molecule has 1 unspecified atom stereocenters. The first kappa shape index (κ1) is 14.9. The molecular formula is C12H14ClNO3S. The third kappa shape index (κ3) is 4.98. The molecule has 0 aliphatic rings. The summed E-state index contributed by atoms with van der Waals surface area (Å²) in [5.41, 5.74) is 0.837. The molecule has 0 aliphatic heterocycles. The van der Waals surface area contributed by atoms with Crippen LogP contribution in [0.15, 0.2) is 24.3 Å². The van der Waals surface area contributed by atoms with Crippen LogP contribution in [0.4, 0.5) is 0 Å². The van der Waals surface area contributed by atoms with E-state index in [-0.39, 0.29) is 11.7 Å². The Balaban J connectivity index is 2.34. The predicted molar refractivity (Wildman–Crippen MR) is 72.9 cm³/mol. The maximum absolute atomic E-state index is 11.5. The topological polar surface area (TPSA) is 66.4 Å². The van der Waals surface area contributed by atoms with Crippen molar-refractivity contribution in [3.8, 4) is 0 Å². The van der Waals surface area contributed by atoms with Crippen LogP contribution < -0.4 is 5.32 Å². The lowest BCUT2D eigenvalue weighted by atomic mass is 10.2. The molecule has 0 aliphatic carbocycles. The number of halogens is 1. The predicted octanol–water partition coefficient (Wildman–Crippen LogP) is 2.16. The molecule has 1 rings (SSSR count). The van der Waals surface area contributed by atoms with Crippen molar-refractivity contribution in [3.63, 3.8) is 0 Å². The molecule has 1 atom stereocenters. The van der Waals surface area contributed by atoms with Gasteiger partial charge in [0.25, 0.3) is 0 Å². The zero-order valence-corrected chi connectivity index (χ0v) is 11.4. The molecule has 2 N–H and O–H groups in total. The fourth-order valence-corrected chi connectivity index (χ4v) is 2.01. The van der Waals surface area contributed by atoms with Gasteiger partial charge in [0.15, 0.2) is 0 Å². The number of hydrogen-bond acceptors (Lipinski definition) is 3. The summed E-state index contributed by atoms with van der Waals surface area (Å²) in [5.74, 6) is -0.996. The third-order valence-electron chi connectivity index (χ3n) is 2.25. The van der Waals surface area contributed by atoms with Crippen molar-refractivity contribution >= 4 is 35.2 Å². The number of amides is 1. The number of rotatable bonds is 6. The van der Waals surface area contributed by atoms with Crippen molar-refractivity contribution in [2.75, 3.05) is 5.75 Å². The minimum absolute atomic E-state index is 0.123. The molecule has 6 heteroatoms. The Morgan fingerprint density at radius 3 is 2.72 bits per heavy atom. The van der Waals surface area contributed by atoms with E-state index in [1.54, 1.807) is 13.0 Å². The Bertz CT molecular complexity index is 439. The van der Waals surface area contributed by atoms with Crippen LogP contribution in [0.25, 0.3) is 0 Å². The van der Waals surface area contributed by atoms with Crippen molar-refractivity contribution in [3.05, 3.63) is 34.9 Å². The summed E-state index contributed by atoms with van der Waals surface area (Å²) < 4.78 is 0. The fourth-order valence-electron chi connectivity index (χ4n) is 1.16. The highest BCUT2D eigenvalue weighted by Gasteiger charge is 2.13. The second-order valence-corrected chi connectivity index (χ2v) is 5.40. The monoisotopic (exact) mass is 287 g/mol. The minimum Gasteiger partial charge on any atom is -0.480 e. The summed E-state index contributed by atoms with van der Waals surface area (Å²) in [6.45, 7) is 1.90. The van der Waals surface area contributed by atoms with Gasteiger partial charge >= 0.3 is 5.97 Å². The highest BCUT2D eigenvalue weighted by Crippen LogP contribution is 2.14. The van der Waals surface area contributed by atoms with Gasteiger partial charge in [0, 0.05) is 11.6 Å². The van der Waals surface area contributed by atoms with Gasteiger partial charge in [-0.2, -0.15) is 0 Å². The normalized spacial score (nSPS) is 11.9. The lowest BCUT2D eigenvalue weighted by molar-refractivity contribution is -0.136. The number of hydrogen-bond donors (Lipinski definition) is 2. The van der Waals surface area contributed by atoms with Gasteiger partial charge in [-0.1, -0.05) is 29.8 Å². The SMILES string of the molecule is CC(SCC(=O)NCc1ccccc1Cl)C(=O)O. The first-order chi connectivity index (χ1) is 8.50. The number of aliphatic carboxylic acids is 1. The molecule has 1 aromatic rings. The quantitative estimate of drug-likeness (QED) is 0.841. The second kappa shape index (κ2) is 7.28. The highest BCUT2D eigenvalue weighted by atomic mass is 35.5. The summed E-state index contributed by atoms with van der Waals surface area (Å²) in [6, 6.07) is 7.24. The molecule has 0 saturated heterocycles. The molecule has 0 radical (unpaired) electrons.